The van der Waals surface area contributed by atoms with Crippen LogP contribution in [0.4, 0.5) is 14.5 Å². The zero-order valence-electron chi connectivity index (χ0n) is 15.6. The second-order valence-corrected chi connectivity index (χ2v) is 7.13. The van der Waals surface area contributed by atoms with E-state index in [1.54, 1.807) is 19.2 Å². The zero-order chi connectivity index (χ0) is 19.4. The first-order valence-electron chi connectivity index (χ1n) is 9.13. The van der Waals surface area contributed by atoms with Crippen LogP contribution in [0.5, 0.6) is 5.88 Å². The number of hydrogen-bond donors (Lipinski definition) is 0. The van der Waals surface area contributed by atoms with E-state index in [1.165, 1.54) is 11.1 Å². The molecule has 0 bridgehead atoms. The molecule has 1 fully saturated rings. The van der Waals surface area contributed by atoms with Gasteiger partial charge in [0.25, 0.3) is 6.43 Å². The highest BCUT2D eigenvalue weighted by atomic mass is 19.3. The molecule has 1 saturated heterocycles. The number of Topliss-reactive ketones (excluding diaryl/α,β-unsaturated/α-hetero) is 1. The molecule has 1 aromatic carbocycles. The molecule has 4 nitrogen and oxygen atoms in total. The minimum atomic E-state index is -2.51. The van der Waals surface area contributed by atoms with Crippen LogP contribution in [0, 0.1) is 0 Å². The molecule has 1 atom stereocenters. The van der Waals surface area contributed by atoms with E-state index < -0.39 is 13.0 Å². The van der Waals surface area contributed by atoms with Gasteiger partial charge in [0.15, 0.2) is 6.61 Å². The van der Waals surface area contributed by atoms with Crippen LogP contribution in [-0.4, -0.2) is 36.9 Å². The van der Waals surface area contributed by atoms with Gasteiger partial charge < -0.3 is 14.4 Å². The number of hydrogen-bond acceptors (Lipinski definition) is 4. The van der Waals surface area contributed by atoms with E-state index in [1.807, 2.05) is 6.07 Å². The maximum atomic E-state index is 12.3. The molecule has 0 aliphatic carbocycles. The molecule has 0 saturated carbocycles. The van der Waals surface area contributed by atoms with Crippen molar-refractivity contribution in [1.29, 1.82) is 0 Å². The molecule has 1 aromatic heterocycles. The van der Waals surface area contributed by atoms with E-state index in [4.69, 9.17) is 4.74 Å². The molecule has 0 unspecified atom stereocenters. The first-order valence-corrected chi connectivity index (χ1v) is 9.13. The van der Waals surface area contributed by atoms with Gasteiger partial charge in [0.2, 0.25) is 5.88 Å². The number of benzene rings is 1. The molecule has 0 spiro atoms. The number of pyridine rings is 1. The van der Waals surface area contributed by atoms with Gasteiger partial charge in [-0.1, -0.05) is 31.2 Å². The number of nitrogens with zero attached hydrogens (tertiary/aromatic N) is 2. The van der Waals surface area contributed by atoms with Crippen molar-refractivity contribution in [2.75, 3.05) is 24.6 Å². The van der Waals surface area contributed by atoms with Crippen LogP contribution in [0.15, 0.2) is 42.6 Å². The Kier molecular flexibility index (Phi) is 6.04. The molecular weight excluding hydrogens is 350 g/mol. The van der Waals surface area contributed by atoms with Crippen molar-refractivity contribution in [3.05, 3.63) is 53.7 Å². The molecule has 144 valence electrons. The fraction of sp³-hybridized carbons (Fsp3) is 0.429. The van der Waals surface area contributed by atoms with Gasteiger partial charge in [0.1, 0.15) is 5.78 Å². The highest BCUT2D eigenvalue weighted by Crippen LogP contribution is 2.33. The van der Waals surface area contributed by atoms with Crippen LogP contribution >= 0.6 is 0 Å². The van der Waals surface area contributed by atoms with Crippen LogP contribution < -0.4 is 9.64 Å². The molecule has 1 aliphatic heterocycles. The number of carbonyl (C=O) groups is 1. The SMILES string of the molecule is CC(=O)C[C@@H](C)c1ccc(C2CN(c3ccnc(OCC(F)F)c3)C2)cc1. The second kappa shape index (κ2) is 8.46. The summed E-state index contributed by atoms with van der Waals surface area (Å²) in [6.07, 6.45) is -0.367. The Morgan fingerprint density at radius 1 is 1.26 bits per heavy atom. The summed E-state index contributed by atoms with van der Waals surface area (Å²) < 4.78 is 29.5. The molecule has 2 aromatic rings. The molecule has 0 N–H and O–H groups in total. The van der Waals surface area contributed by atoms with Gasteiger partial charge in [-0.3, -0.25) is 0 Å². The Morgan fingerprint density at radius 2 is 1.96 bits per heavy atom. The highest BCUT2D eigenvalue weighted by molar-refractivity contribution is 5.76. The number of alkyl halides is 2. The average Bonchev–Trinajstić information content (AvgIpc) is 2.59. The number of ketones is 1. The van der Waals surface area contributed by atoms with E-state index in [-0.39, 0.29) is 17.6 Å². The maximum Gasteiger partial charge on any atom is 0.272 e. The van der Waals surface area contributed by atoms with Gasteiger partial charge in [0.05, 0.1) is 0 Å². The van der Waals surface area contributed by atoms with Gasteiger partial charge in [-0.25, -0.2) is 13.8 Å². The number of anilines is 1. The van der Waals surface area contributed by atoms with Gasteiger partial charge in [-0.2, -0.15) is 0 Å². The Bertz CT molecular complexity index is 774. The van der Waals surface area contributed by atoms with Gasteiger partial charge in [-0.15, -0.1) is 0 Å². The van der Waals surface area contributed by atoms with Gasteiger partial charge in [0, 0.05) is 43.4 Å². The van der Waals surface area contributed by atoms with Crippen molar-refractivity contribution in [1.82, 2.24) is 4.98 Å². The summed E-state index contributed by atoms with van der Waals surface area (Å²) in [5.41, 5.74) is 3.38. The quantitative estimate of drug-likeness (QED) is 0.686. The molecule has 6 heteroatoms. The van der Waals surface area contributed by atoms with E-state index in [0.29, 0.717) is 12.3 Å². The number of ether oxygens (including phenoxy) is 1. The predicted octanol–water partition coefficient (Wildman–Crippen LogP) is 4.41. The maximum absolute atomic E-state index is 12.3. The lowest BCUT2D eigenvalue weighted by Crippen LogP contribution is -2.45. The summed E-state index contributed by atoms with van der Waals surface area (Å²) in [5.74, 6) is 1.09. The third-order valence-electron chi connectivity index (χ3n) is 4.89. The van der Waals surface area contributed by atoms with Crippen LogP contribution in [0.1, 0.15) is 43.2 Å². The smallest absolute Gasteiger partial charge is 0.272 e. The summed E-state index contributed by atoms with van der Waals surface area (Å²) >= 11 is 0. The van der Waals surface area contributed by atoms with E-state index in [9.17, 15) is 13.6 Å². The largest absolute Gasteiger partial charge is 0.472 e. The summed E-state index contributed by atoms with van der Waals surface area (Å²) in [6, 6.07) is 12.0. The number of rotatable bonds is 8. The predicted molar refractivity (Wildman–Crippen MR) is 101 cm³/mol. The first-order chi connectivity index (χ1) is 12.9. The van der Waals surface area contributed by atoms with Crippen molar-refractivity contribution in [2.45, 2.75) is 38.5 Å². The lowest BCUT2D eigenvalue weighted by Gasteiger charge is -2.41. The van der Waals surface area contributed by atoms with Crippen molar-refractivity contribution in [2.24, 2.45) is 0 Å². The van der Waals surface area contributed by atoms with Crippen molar-refractivity contribution >= 4 is 11.5 Å². The van der Waals surface area contributed by atoms with Crippen LogP contribution in [-0.2, 0) is 4.79 Å². The molecule has 1 aliphatic rings. The topological polar surface area (TPSA) is 42.4 Å². The molecular formula is C21H24F2N2O2. The minimum absolute atomic E-state index is 0.204. The third kappa shape index (κ3) is 5.02. The summed E-state index contributed by atoms with van der Waals surface area (Å²) in [5, 5.41) is 0. The lowest BCUT2D eigenvalue weighted by atomic mass is 9.88. The summed E-state index contributed by atoms with van der Waals surface area (Å²) in [7, 11) is 0. The third-order valence-corrected chi connectivity index (χ3v) is 4.89. The molecule has 0 radical (unpaired) electrons. The Morgan fingerprint density at radius 3 is 2.59 bits per heavy atom. The molecule has 0 amide bonds. The fourth-order valence-corrected chi connectivity index (χ4v) is 3.37. The molecule has 2 heterocycles. The van der Waals surface area contributed by atoms with E-state index in [0.717, 1.165) is 18.8 Å². The number of halogens is 2. The van der Waals surface area contributed by atoms with Crippen molar-refractivity contribution in [3.8, 4) is 5.88 Å². The van der Waals surface area contributed by atoms with Crippen LogP contribution in [0.2, 0.25) is 0 Å². The monoisotopic (exact) mass is 374 g/mol. The van der Waals surface area contributed by atoms with E-state index in [2.05, 4.69) is 41.1 Å². The van der Waals surface area contributed by atoms with Crippen molar-refractivity contribution in [3.63, 3.8) is 0 Å². The van der Waals surface area contributed by atoms with Crippen LogP contribution in [0.3, 0.4) is 0 Å². The zero-order valence-corrected chi connectivity index (χ0v) is 15.6. The van der Waals surface area contributed by atoms with E-state index >= 15 is 0 Å². The average molecular weight is 374 g/mol. The number of carbonyl (C=O) groups excluding carboxylic acids is 1. The fourth-order valence-electron chi connectivity index (χ4n) is 3.37. The Labute approximate surface area is 158 Å². The van der Waals surface area contributed by atoms with Gasteiger partial charge in [-0.05, 0) is 30.0 Å². The number of aromatic nitrogens is 1. The normalized spacial score (nSPS) is 15.5. The van der Waals surface area contributed by atoms with Gasteiger partial charge >= 0.3 is 0 Å². The Balaban J connectivity index is 1.56. The van der Waals surface area contributed by atoms with Crippen LogP contribution in [0.25, 0.3) is 0 Å². The minimum Gasteiger partial charge on any atom is -0.472 e. The molecule has 3 rings (SSSR count). The standard InChI is InChI=1S/C21H24F2N2O2/c1-14(9-15(2)26)16-3-5-17(6-4-16)18-11-25(12-18)19-7-8-24-21(10-19)27-13-20(22)23/h3-8,10,14,18,20H,9,11-13H2,1-2H3/t14-/m1/s1. The Hall–Kier alpha value is -2.50. The molecule has 27 heavy (non-hydrogen) atoms. The summed E-state index contributed by atoms with van der Waals surface area (Å²) in [6.45, 7) is 4.77. The first kappa shape index (κ1) is 19.3. The summed E-state index contributed by atoms with van der Waals surface area (Å²) in [4.78, 5) is 17.4. The lowest BCUT2D eigenvalue weighted by molar-refractivity contribution is -0.117. The van der Waals surface area contributed by atoms with Crippen molar-refractivity contribution < 1.29 is 18.3 Å². The highest BCUT2D eigenvalue weighted by Gasteiger charge is 2.28. The second-order valence-electron chi connectivity index (χ2n) is 7.13.